The third-order valence-electron chi connectivity index (χ3n) is 1.60. The zero-order valence-electron chi connectivity index (χ0n) is 6.25. The van der Waals surface area contributed by atoms with Crippen LogP contribution in [0.4, 0.5) is 0 Å². The predicted octanol–water partition coefficient (Wildman–Crippen LogP) is -1.18. The Bertz CT molecular complexity index is 134. The van der Waals surface area contributed by atoms with Gasteiger partial charge in [0.2, 0.25) is 0 Å². The van der Waals surface area contributed by atoms with Gasteiger partial charge in [-0.1, -0.05) is 0 Å². The van der Waals surface area contributed by atoms with Crippen molar-refractivity contribution in [2.45, 2.75) is 0 Å². The second-order valence-electron chi connectivity index (χ2n) is 2.42. The van der Waals surface area contributed by atoms with Gasteiger partial charge in [0.1, 0.15) is 0 Å². The average Bonchev–Trinajstić information content (AvgIpc) is 2.06. The van der Waals surface area contributed by atoms with Crippen LogP contribution in [0.1, 0.15) is 0 Å². The molecule has 0 aromatic heterocycles. The van der Waals surface area contributed by atoms with Crippen LogP contribution in [0.5, 0.6) is 0 Å². The summed E-state index contributed by atoms with van der Waals surface area (Å²) in [4.78, 5) is 12.6. The van der Waals surface area contributed by atoms with E-state index < -0.39 is 0 Å². The third kappa shape index (κ3) is 2.83. The van der Waals surface area contributed by atoms with Crippen LogP contribution in [0, 0.1) is 0 Å². The van der Waals surface area contributed by atoms with Crippen LogP contribution in [0.2, 0.25) is 0 Å². The Morgan fingerprint density at radius 2 is 2.18 bits per heavy atom. The molecule has 5 heteroatoms. The van der Waals surface area contributed by atoms with Gasteiger partial charge in [0, 0.05) is 13.1 Å². The average molecular weight is 160 g/mol. The van der Waals surface area contributed by atoms with Gasteiger partial charge >= 0.3 is 0 Å². The summed E-state index contributed by atoms with van der Waals surface area (Å²) in [6.45, 7) is 3.10. The van der Waals surface area contributed by atoms with E-state index in [4.69, 9.17) is 9.94 Å². The van der Waals surface area contributed by atoms with E-state index in [0.717, 1.165) is 13.1 Å². The summed E-state index contributed by atoms with van der Waals surface area (Å²) < 4.78 is 5.08. The molecule has 0 aromatic rings. The minimum atomic E-state index is -0.369. The molecule has 0 atom stereocenters. The molecule has 0 unspecified atom stereocenters. The number of ether oxygens (including phenoxy) is 1. The van der Waals surface area contributed by atoms with E-state index in [1.165, 1.54) is 0 Å². The number of hydrogen-bond donors (Lipinski definition) is 2. The Kier molecular flexibility index (Phi) is 3.28. The predicted molar refractivity (Wildman–Crippen MR) is 37.2 cm³/mol. The van der Waals surface area contributed by atoms with Crippen molar-refractivity contribution in [3.8, 4) is 0 Å². The van der Waals surface area contributed by atoms with Gasteiger partial charge < -0.3 is 4.74 Å². The first-order valence-corrected chi connectivity index (χ1v) is 3.56. The van der Waals surface area contributed by atoms with Crippen LogP contribution in [-0.2, 0) is 9.53 Å². The van der Waals surface area contributed by atoms with Gasteiger partial charge in [0.25, 0.3) is 5.91 Å². The summed E-state index contributed by atoms with van der Waals surface area (Å²) in [5.74, 6) is -0.369. The summed E-state index contributed by atoms with van der Waals surface area (Å²) in [5.41, 5.74) is 1.59. The Hall–Kier alpha value is -0.650. The van der Waals surface area contributed by atoms with Crippen molar-refractivity contribution in [1.82, 2.24) is 10.4 Å². The Balaban J connectivity index is 2.19. The van der Waals surface area contributed by atoms with Gasteiger partial charge in [0.15, 0.2) is 0 Å². The molecule has 0 spiro atoms. The molecule has 0 aromatic carbocycles. The highest BCUT2D eigenvalue weighted by atomic mass is 16.5. The molecule has 11 heavy (non-hydrogen) atoms. The number of carbonyl (C=O) groups excluding carboxylic acids is 1. The molecule has 0 bridgehead atoms. The first-order valence-electron chi connectivity index (χ1n) is 3.56. The van der Waals surface area contributed by atoms with Gasteiger partial charge in [-0.15, -0.1) is 0 Å². The standard InChI is InChI=1S/C6H12N2O3/c9-6(7-10)5-8-1-3-11-4-2-8/h10H,1-5H2,(H,7,9). The van der Waals surface area contributed by atoms with Gasteiger partial charge in [-0.3, -0.25) is 14.9 Å². The van der Waals surface area contributed by atoms with E-state index in [0.29, 0.717) is 13.2 Å². The van der Waals surface area contributed by atoms with Crippen LogP contribution >= 0.6 is 0 Å². The van der Waals surface area contributed by atoms with Crippen LogP contribution in [-0.4, -0.2) is 48.9 Å². The van der Waals surface area contributed by atoms with Crippen molar-refractivity contribution in [3.05, 3.63) is 0 Å². The third-order valence-corrected chi connectivity index (χ3v) is 1.60. The second-order valence-corrected chi connectivity index (χ2v) is 2.42. The molecule has 64 valence electrons. The molecular formula is C6H12N2O3. The molecule has 2 N–H and O–H groups in total. The summed E-state index contributed by atoms with van der Waals surface area (Å²) in [5, 5.41) is 8.21. The van der Waals surface area contributed by atoms with Gasteiger partial charge in [-0.2, -0.15) is 0 Å². The number of hydroxylamine groups is 1. The van der Waals surface area contributed by atoms with E-state index in [1.807, 2.05) is 4.90 Å². The zero-order chi connectivity index (χ0) is 8.10. The van der Waals surface area contributed by atoms with Crippen LogP contribution in [0.3, 0.4) is 0 Å². The fraction of sp³-hybridized carbons (Fsp3) is 0.833. The molecule has 1 aliphatic rings. The minimum absolute atomic E-state index is 0.250. The topological polar surface area (TPSA) is 61.8 Å². The van der Waals surface area contributed by atoms with Crippen molar-refractivity contribution in [2.24, 2.45) is 0 Å². The fourth-order valence-corrected chi connectivity index (χ4v) is 0.998. The highest BCUT2D eigenvalue weighted by molar-refractivity contribution is 5.76. The van der Waals surface area contributed by atoms with E-state index in [9.17, 15) is 4.79 Å². The first kappa shape index (κ1) is 8.45. The molecule has 1 saturated heterocycles. The van der Waals surface area contributed by atoms with Crippen molar-refractivity contribution in [3.63, 3.8) is 0 Å². The second kappa shape index (κ2) is 4.27. The molecular weight excluding hydrogens is 148 g/mol. The number of nitrogens with zero attached hydrogens (tertiary/aromatic N) is 1. The number of amides is 1. The lowest BCUT2D eigenvalue weighted by Gasteiger charge is -2.25. The lowest BCUT2D eigenvalue weighted by atomic mass is 10.4. The van der Waals surface area contributed by atoms with Gasteiger partial charge in [0.05, 0.1) is 19.8 Å². The molecule has 1 heterocycles. The normalized spacial score (nSPS) is 19.7. The van der Waals surface area contributed by atoms with Crippen molar-refractivity contribution in [2.75, 3.05) is 32.8 Å². The summed E-state index contributed by atoms with van der Waals surface area (Å²) in [6, 6.07) is 0. The maximum atomic E-state index is 10.6. The number of hydrogen-bond acceptors (Lipinski definition) is 4. The van der Waals surface area contributed by atoms with Crippen LogP contribution in [0.15, 0.2) is 0 Å². The number of rotatable bonds is 2. The number of nitrogens with one attached hydrogen (secondary N) is 1. The first-order chi connectivity index (χ1) is 5.33. The molecule has 1 fully saturated rings. The van der Waals surface area contributed by atoms with Crippen molar-refractivity contribution >= 4 is 5.91 Å². The summed E-state index contributed by atoms with van der Waals surface area (Å²) >= 11 is 0. The van der Waals surface area contributed by atoms with E-state index in [1.54, 1.807) is 5.48 Å². The quantitative estimate of drug-likeness (QED) is 0.394. The Labute approximate surface area is 64.9 Å². The van der Waals surface area contributed by atoms with E-state index >= 15 is 0 Å². The highest BCUT2D eigenvalue weighted by Crippen LogP contribution is 1.94. The van der Waals surface area contributed by atoms with Gasteiger partial charge in [-0.05, 0) is 0 Å². The molecule has 1 rings (SSSR count). The molecule has 0 radical (unpaired) electrons. The SMILES string of the molecule is O=C(CN1CCOCC1)NO. The molecule has 1 aliphatic heterocycles. The molecule has 5 nitrogen and oxygen atoms in total. The molecule has 1 amide bonds. The lowest BCUT2D eigenvalue weighted by molar-refractivity contribution is -0.131. The van der Waals surface area contributed by atoms with E-state index in [-0.39, 0.29) is 12.5 Å². The molecule has 0 saturated carbocycles. The fourth-order valence-electron chi connectivity index (χ4n) is 0.998. The van der Waals surface area contributed by atoms with Gasteiger partial charge in [-0.25, -0.2) is 5.48 Å². The molecule has 0 aliphatic carbocycles. The van der Waals surface area contributed by atoms with Crippen LogP contribution in [0.25, 0.3) is 0 Å². The Morgan fingerprint density at radius 3 is 2.73 bits per heavy atom. The maximum Gasteiger partial charge on any atom is 0.257 e. The summed E-state index contributed by atoms with van der Waals surface area (Å²) in [6.07, 6.45) is 0. The van der Waals surface area contributed by atoms with E-state index in [2.05, 4.69) is 0 Å². The number of carbonyl (C=O) groups is 1. The Morgan fingerprint density at radius 1 is 1.55 bits per heavy atom. The monoisotopic (exact) mass is 160 g/mol. The lowest BCUT2D eigenvalue weighted by Crippen LogP contribution is -2.42. The number of morpholine rings is 1. The van der Waals surface area contributed by atoms with Crippen molar-refractivity contribution < 1.29 is 14.7 Å². The maximum absolute atomic E-state index is 10.6. The smallest absolute Gasteiger partial charge is 0.257 e. The zero-order valence-corrected chi connectivity index (χ0v) is 6.25. The van der Waals surface area contributed by atoms with Crippen LogP contribution < -0.4 is 5.48 Å². The largest absolute Gasteiger partial charge is 0.379 e. The van der Waals surface area contributed by atoms with Crippen molar-refractivity contribution in [1.29, 1.82) is 0 Å². The summed E-state index contributed by atoms with van der Waals surface area (Å²) in [7, 11) is 0. The highest BCUT2D eigenvalue weighted by Gasteiger charge is 2.12. The minimum Gasteiger partial charge on any atom is -0.379 e.